The number of amides is 1. The van der Waals surface area contributed by atoms with Crippen molar-refractivity contribution in [2.45, 2.75) is 0 Å². The maximum atomic E-state index is 11.6. The van der Waals surface area contributed by atoms with Crippen LogP contribution >= 0.6 is 11.3 Å². The van der Waals surface area contributed by atoms with Crippen molar-refractivity contribution >= 4 is 22.4 Å². The van der Waals surface area contributed by atoms with Gasteiger partial charge in [0.05, 0.1) is 12.1 Å². The number of hydrogen-bond acceptors (Lipinski definition) is 7. The third-order valence-corrected chi connectivity index (χ3v) is 2.17. The summed E-state index contributed by atoms with van der Waals surface area (Å²) >= 11 is 0.921. The van der Waals surface area contributed by atoms with Crippen LogP contribution in [0.4, 0.5) is 5.13 Å². The van der Waals surface area contributed by atoms with Crippen molar-refractivity contribution in [3.05, 3.63) is 5.01 Å². The van der Waals surface area contributed by atoms with Crippen LogP contribution in [0.3, 0.4) is 0 Å². The minimum Gasteiger partial charge on any atom is -0.374 e. The molecule has 0 bridgehead atoms. The topological polar surface area (TPSA) is 120 Å². The molecular weight excluding hydrogens is 216 g/mol. The molecule has 15 heavy (non-hydrogen) atoms. The molecule has 7 nitrogen and oxygen atoms in total. The zero-order valence-corrected chi connectivity index (χ0v) is 8.36. The summed E-state index contributed by atoms with van der Waals surface area (Å²) in [5.74, 6) is -0.507. The van der Waals surface area contributed by atoms with Crippen molar-refractivity contribution in [1.82, 2.24) is 15.1 Å². The lowest BCUT2D eigenvalue weighted by molar-refractivity contribution is 0.0793. The zero-order chi connectivity index (χ0) is 11.3. The first-order valence-electron chi connectivity index (χ1n) is 3.81. The van der Waals surface area contributed by atoms with Gasteiger partial charge in [0.2, 0.25) is 10.1 Å². The fourth-order valence-electron chi connectivity index (χ4n) is 0.826. The van der Waals surface area contributed by atoms with Gasteiger partial charge in [0.15, 0.2) is 0 Å². The summed E-state index contributed by atoms with van der Waals surface area (Å²) in [4.78, 5) is 12.7. The van der Waals surface area contributed by atoms with Gasteiger partial charge in [-0.25, -0.2) is 0 Å². The molecule has 1 aromatic heterocycles. The van der Waals surface area contributed by atoms with Crippen molar-refractivity contribution in [2.75, 3.05) is 18.8 Å². The van der Waals surface area contributed by atoms with E-state index in [1.165, 1.54) is 0 Å². The fraction of sp³-hybridized carbons (Fsp3) is 0.286. The molecule has 8 heteroatoms. The molecule has 0 fully saturated rings. The van der Waals surface area contributed by atoms with Crippen molar-refractivity contribution in [3.63, 3.8) is 0 Å². The molecule has 0 aliphatic rings. The number of anilines is 1. The summed E-state index contributed by atoms with van der Waals surface area (Å²) in [6.45, 7) is -0.322. The number of hydrogen-bond donors (Lipinski definition) is 1. The lowest BCUT2D eigenvalue weighted by atomic mass is 10.4. The van der Waals surface area contributed by atoms with Crippen molar-refractivity contribution in [1.29, 1.82) is 10.5 Å². The van der Waals surface area contributed by atoms with E-state index >= 15 is 0 Å². The van der Waals surface area contributed by atoms with Crippen molar-refractivity contribution in [3.8, 4) is 12.1 Å². The minimum atomic E-state index is -0.507. The van der Waals surface area contributed by atoms with Gasteiger partial charge >= 0.3 is 0 Å². The van der Waals surface area contributed by atoms with Crippen LogP contribution in [0.2, 0.25) is 0 Å². The summed E-state index contributed by atoms with van der Waals surface area (Å²) in [6.07, 6.45) is 0. The van der Waals surface area contributed by atoms with Gasteiger partial charge in [-0.15, -0.1) is 10.2 Å². The number of aromatic nitrogens is 2. The lowest BCUT2D eigenvalue weighted by Gasteiger charge is -2.12. The number of carbonyl (C=O) groups excluding carboxylic acids is 1. The summed E-state index contributed by atoms with van der Waals surface area (Å²) in [5, 5.41) is 24.2. The smallest absolute Gasteiger partial charge is 0.286 e. The van der Waals surface area contributed by atoms with Crippen LogP contribution in [0.5, 0.6) is 0 Å². The first-order valence-corrected chi connectivity index (χ1v) is 4.63. The summed E-state index contributed by atoms with van der Waals surface area (Å²) in [7, 11) is 0. The molecule has 1 rings (SSSR count). The van der Waals surface area contributed by atoms with E-state index in [0.29, 0.717) is 0 Å². The van der Waals surface area contributed by atoms with Crippen molar-refractivity contribution in [2.24, 2.45) is 0 Å². The van der Waals surface area contributed by atoms with Gasteiger partial charge in [-0.3, -0.25) is 4.79 Å². The molecule has 0 aliphatic heterocycles. The molecule has 1 heterocycles. The predicted octanol–water partition coefficient (Wildman–Crippen LogP) is -0.390. The van der Waals surface area contributed by atoms with Gasteiger partial charge in [-0.1, -0.05) is 11.3 Å². The largest absolute Gasteiger partial charge is 0.374 e. The van der Waals surface area contributed by atoms with Gasteiger partial charge in [0.25, 0.3) is 5.91 Å². The Morgan fingerprint density at radius 1 is 1.40 bits per heavy atom. The van der Waals surface area contributed by atoms with E-state index in [2.05, 4.69) is 10.2 Å². The Morgan fingerprint density at radius 2 is 2.00 bits per heavy atom. The van der Waals surface area contributed by atoms with E-state index in [-0.39, 0.29) is 23.2 Å². The SMILES string of the molecule is N#CCN(CC#N)C(=O)c1nnc(N)s1. The fourth-order valence-corrected chi connectivity index (χ4v) is 1.40. The second-order valence-electron chi connectivity index (χ2n) is 2.42. The third-order valence-electron chi connectivity index (χ3n) is 1.43. The molecule has 0 unspecified atom stereocenters. The van der Waals surface area contributed by atoms with E-state index < -0.39 is 5.91 Å². The average Bonchev–Trinajstić information content (AvgIpc) is 2.63. The molecule has 1 amide bonds. The Labute approximate surface area is 89.4 Å². The first kappa shape index (κ1) is 10.9. The number of nitriles is 2. The highest BCUT2D eigenvalue weighted by atomic mass is 32.1. The number of rotatable bonds is 3. The number of nitrogens with zero attached hydrogens (tertiary/aromatic N) is 5. The summed E-state index contributed by atoms with van der Waals surface area (Å²) in [5.41, 5.74) is 5.31. The van der Waals surface area contributed by atoms with Crippen LogP contribution < -0.4 is 5.73 Å². The Morgan fingerprint density at radius 3 is 2.40 bits per heavy atom. The predicted molar refractivity (Wildman–Crippen MR) is 51.5 cm³/mol. The van der Waals surface area contributed by atoms with Gasteiger partial charge in [0.1, 0.15) is 13.1 Å². The number of nitrogens with two attached hydrogens (primary N) is 1. The van der Waals surface area contributed by atoms with Crippen molar-refractivity contribution < 1.29 is 4.79 Å². The second kappa shape index (κ2) is 4.88. The minimum absolute atomic E-state index is 0.0815. The van der Waals surface area contributed by atoms with Crippen LogP contribution in [-0.4, -0.2) is 34.1 Å². The molecule has 0 radical (unpaired) electrons. The average molecular weight is 222 g/mol. The molecule has 0 aliphatic carbocycles. The standard InChI is InChI=1S/C7H6N6OS/c8-1-3-13(4-2-9)6(14)5-11-12-7(10)15-5/h3-4H2,(H2,10,12). The van der Waals surface area contributed by atoms with E-state index in [1.54, 1.807) is 12.1 Å². The third kappa shape index (κ3) is 2.62. The van der Waals surface area contributed by atoms with Crippen LogP contribution in [-0.2, 0) is 0 Å². The maximum Gasteiger partial charge on any atom is 0.286 e. The quantitative estimate of drug-likeness (QED) is 0.695. The molecule has 0 aromatic carbocycles. The Kier molecular flexibility index (Phi) is 3.55. The Hall–Kier alpha value is -2.19. The molecule has 2 N–H and O–H groups in total. The van der Waals surface area contributed by atoms with Crippen LogP contribution in [0, 0.1) is 22.7 Å². The molecular formula is C7H6N6OS. The Balaban J connectivity index is 2.82. The number of carbonyl (C=O) groups is 1. The van der Waals surface area contributed by atoms with E-state index in [4.69, 9.17) is 16.3 Å². The van der Waals surface area contributed by atoms with E-state index in [9.17, 15) is 4.79 Å². The highest BCUT2D eigenvalue weighted by Crippen LogP contribution is 2.13. The molecule has 0 spiro atoms. The number of nitrogen functional groups attached to an aromatic ring is 1. The van der Waals surface area contributed by atoms with Crippen LogP contribution in [0.15, 0.2) is 0 Å². The Bertz CT molecular complexity index is 425. The van der Waals surface area contributed by atoms with Gasteiger partial charge in [0, 0.05) is 0 Å². The normalized spacial score (nSPS) is 8.93. The highest BCUT2D eigenvalue weighted by molar-refractivity contribution is 7.16. The van der Waals surface area contributed by atoms with E-state index in [0.717, 1.165) is 16.2 Å². The molecule has 0 atom stereocenters. The molecule has 0 saturated heterocycles. The second-order valence-corrected chi connectivity index (χ2v) is 3.43. The summed E-state index contributed by atoms with van der Waals surface area (Å²) in [6, 6.07) is 3.58. The maximum absolute atomic E-state index is 11.6. The van der Waals surface area contributed by atoms with Gasteiger partial charge in [-0.2, -0.15) is 10.5 Å². The molecule has 0 saturated carbocycles. The monoisotopic (exact) mass is 222 g/mol. The molecule has 76 valence electrons. The zero-order valence-electron chi connectivity index (χ0n) is 7.54. The van der Waals surface area contributed by atoms with Crippen LogP contribution in [0.25, 0.3) is 0 Å². The van der Waals surface area contributed by atoms with Crippen LogP contribution in [0.1, 0.15) is 9.80 Å². The first-order chi connectivity index (χ1) is 7.19. The van der Waals surface area contributed by atoms with Gasteiger partial charge in [-0.05, 0) is 0 Å². The molecule has 1 aromatic rings. The highest BCUT2D eigenvalue weighted by Gasteiger charge is 2.19. The lowest BCUT2D eigenvalue weighted by Crippen LogP contribution is -2.31. The van der Waals surface area contributed by atoms with Gasteiger partial charge < -0.3 is 10.6 Å². The summed E-state index contributed by atoms with van der Waals surface area (Å²) < 4.78 is 0. The van der Waals surface area contributed by atoms with E-state index in [1.807, 2.05) is 0 Å².